The van der Waals surface area contributed by atoms with Crippen LogP contribution < -0.4 is 0 Å². The minimum absolute atomic E-state index is 0.0665. The minimum atomic E-state index is -1.01. The zero-order valence-corrected chi connectivity index (χ0v) is 14.7. The van der Waals surface area contributed by atoms with E-state index in [0.717, 1.165) is 31.4 Å². The highest BCUT2D eigenvalue weighted by Gasteiger charge is 2.20. The molecule has 1 amide bonds. The van der Waals surface area contributed by atoms with Crippen LogP contribution in [0.1, 0.15) is 40.0 Å². The molecule has 0 saturated carbocycles. The summed E-state index contributed by atoms with van der Waals surface area (Å²) in [6.45, 7) is 1.34. The third-order valence-electron chi connectivity index (χ3n) is 4.51. The second-order valence-corrected chi connectivity index (χ2v) is 6.49. The van der Waals surface area contributed by atoms with Crippen LogP contribution in [-0.2, 0) is 4.74 Å². The first-order valence-corrected chi connectivity index (χ1v) is 8.71. The fourth-order valence-corrected chi connectivity index (χ4v) is 3.06. The van der Waals surface area contributed by atoms with Crippen molar-refractivity contribution in [1.82, 2.24) is 9.88 Å². The van der Waals surface area contributed by atoms with Crippen molar-refractivity contribution in [2.75, 3.05) is 20.2 Å². The largest absolute Gasteiger partial charge is 0.478 e. The summed E-state index contributed by atoms with van der Waals surface area (Å²) in [5.74, 6) is -1.08. The monoisotopic (exact) mass is 354 g/mol. The standard InChI is InChI=1S/C20H22N2O4/c1-22(13-17-7-2-3-10-26-17)19(23)15-6-4-5-14(11-15)18-9-8-16(12-21-18)20(24)25/h4-6,8-9,11-12,17H,2-3,7,10,13H2,1H3,(H,24,25). The molecule has 0 aliphatic carbocycles. The van der Waals surface area contributed by atoms with Gasteiger partial charge in [0.15, 0.2) is 0 Å². The van der Waals surface area contributed by atoms with Crippen molar-refractivity contribution in [3.8, 4) is 11.3 Å². The second-order valence-electron chi connectivity index (χ2n) is 6.49. The van der Waals surface area contributed by atoms with Gasteiger partial charge < -0.3 is 14.7 Å². The van der Waals surface area contributed by atoms with Crippen LogP contribution in [0.15, 0.2) is 42.6 Å². The molecule has 136 valence electrons. The molecule has 6 nitrogen and oxygen atoms in total. The first-order valence-electron chi connectivity index (χ1n) is 8.71. The quantitative estimate of drug-likeness (QED) is 0.892. The normalized spacial score (nSPS) is 16.9. The highest BCUT2D eigenvalue weighted by atomic mass is 16.5. The fraction of sp³-hybridized carbons (Fsp3) is 0.350. The molecule has 0 bridgehead atoms. The molecule has 1 aliphatic rings. The number of amides is 1. The first-order chi connectivity index (χ1) is 12.5. The van der Waals surface area contributed by atoms with Gasteiger partial charge in [-0.1, -0.05) is 12.1 Å². The molecule has 1 aromatic heterocycles. The van der Waals surface area contributed by atoms with Crippen LogP contribution in [0.3, 0.4) is 0 Å². The van der Waals surface area contributed by atoms with E-state index in [2.05, 4.69) is 4.98 Å². The van der Waals surface area contributed by atoms with Crippen molar-refractivity contribution in [1.29, 1.82) is 0 Å². The Labute approximate surface area is 152 Å². The first kappa shape index (κ1) is 18.1. The molecule has 1 atom stereocenters. The van der Waals surface area contributed by atoms with Gasteiger partial charge in [-0.2, -0.15) is 0 Å². The van der Waals surface area contributed by atoms with Gasteiger partial charge in [-0.15, -0.1) is 0 Å². The lowest BCUT2D eigenvalue weighted by molar-refractivity contribution is -0.000186. The molecular formula is C20H22N2O4. The van der Waals surface area contributed by atoms with Crippen LogP contribution in [0, 0.1) is 0 Å². The Morgan fingerprint density at radius 2 is 2.08 bits per heavy atom. The van der Waals surface area contributed by atoms with E-state index in [1.807, 2.05) is 6.07 Å². The fourth-order valence-electron chi connectivity index (χ4n) is 3.06. The Kier molecular flexibility index (Phi) is 5.63. The number of rotatable bonds is 5. The number of likely N-dealkylation sites (N-methyl/N-ethyl adjacent to an activating group) is 1. The van der Waals surface area contributed by atoms with Crippen LogP contribution in [0.5, 0.6) is 0 Å². The van der Waals surface area contributed by atoms with Gasteiger partial charge in [0.25, 0.3) is 5.91 Å². The summed E-state index contributed by atoms with van der Waals surface area (Å²) < 4.78 is 5.71. The van der Waals surface area contributed by atoms with Crippen LogP contribution in [0.2, 0.25) is 0 Å². The summed E-state index contributed by atoms with van der Waals surface area (Å²) in [6.07, 6.45) is 4.63. The van der Waals surface area contributed by atoms with E-state index >= 15 is 0 Å². The molecular weight excluding hydrogens is 332 g/mol. The third kappa shape index (κ3) is 4.26. The summed E-state index contributed by atoms with van der Waals surface area (Å²) in [5.41, 5.74) is 2.11. The van der Waals surface area contributed by atoms with Crippen molar-refractivity contribution in [2.45, 2.75) is 25.4 Å². The molecule has 1 aliphatic heterocycles. The third-order valence-corrected chi connectivity index (χ3v) is 4.51. The Hall–Kier alpha value is -2.73. The van der Waals surface area contributed by atoms with E-state index in [4.69, 9.17) is 9.84 Å². The Bertz CT molecular complexity index is 783. The SMILES string of the molecule is CN(CC1CCCCO1)C(=O)c1cccc(-c2ccc(C(=O)O)cn2)c1. The number of carbonyl (C=O) groups excluding carboxylic acids is 1. The molecule has 6 heteroatoms. The Balaban J connectivity index is 1.73. The molecule has 0 spiro atoms. The number of carboxylic acid groups (broad SMARTS) is 1. The van der Waals surface area contributed by atoms with Crippen LogP contribution in [0.25, 0.3) is 11.3 Å². The number of aromatic carboxylic acids is 1. The number of hydrogen-bond donors (Lipinski definition) is 1. The highest BCUT2D eigenvalue weighted by Crippen LogP contribution is 2.20. The molecule has 1 unspecified atom stereocenters. The average Bonchev–Trinajstić information content (AvgIpc) is 2.68. The molecule has 1 saturated heterocycles. The molecule has 2 aromatic rings. The maximum absolute atomic E-state index is 12.7. The molecule has 3 rings (SSSR count). The van der Waals surface area contributed by atoms with Crippen molar-refractivity contribution >= 4 is 11.9 Å². The molecule has 1 fully saturated rings. The second kappa shape index (κ2) is 8.10. The van der Waals surface area contributed by atoms with E-state index in [1.165, 1.54) is 12.3 Å². The molecule has 1 N–H and O–H groups in total. The van der Waals surface area contributed by atoms with Gasteiger partial charge in [0.1, 0.15) is 0 Å². The zero-order chi connectivity index (χ0) is 18.5. The molecule has 2 heterocycles. The van der Waals surface area contributed by atoms with E-state index in [9.17, 15) is 9.59 Å². The smallest absolute Gasteiger partial charge is 0.337 e. The topological polar surface area (TPSA) is 79.7 Å². The van der Waals surface area contributed by atoms with Gasteiger partial charge in [-0.05, 0) is 43.5 Å². The summed E-state index contributed by atoms with van der Waals surface area (Å²) in [7, 11) is 1.78. The lowest BCUT2D eigenvalue weighted by Gasteiger charge is -2.27. The number of aromatic nitrogens is 1. The predicted molar refractivity (Wildman–Crippen MR) is 97.2 cm³/mol. The van der Waals surface area contributed by atoms with Gasteiger partial charge in [-0.3, -0.25) is 9.78 Å². The number of benzene rings is 1. The minimum Gasteiger partial charge on any atom is -0.478 e. The predicted octanol–water partition coefficient (Wildman–Crippen LogP) is 3.09. The number of carboxylic acids is 1. The maximum Gasteiger partial charge on any atom is 0.337 e. The van der Waals surface area contributed by atoms with Gasteiger partial charge in [0.05, 0.1) is 17.4 Å². The van der Waals surface area contributed by atoms with E-state index in [1.54, 1.807) is 36.2 Å². The van der Waals surface area contributed by atoms with Gasteiger partial charge in [0, 0.05) is 37.5 Å². The van der Waals surface area contributed by atoms with Crippen molar-refractivity contribution < 1.29 is 19.4 Å². The van der Waals surface area contributed by atoms with E-state index in [0.29, 0.717) is 17.8 Å². The van der Waals surface area contributed by atoms with E-state index in [-0.39, 0.29) is 17.6 Å². The van der Waals surface area contributed by atoms with Crippen molar-refractivity contribution in [3.63, 3.8) is 0 Å². The Morgan fingerprint density at radius 3 is 2.73 bits per heavy atom. The molecule has 1 aromatic carbocycles. The van der Waals surface area contributed by atoms with Gasteiger partial charge in [0.2, 0.25) is 0 Å². The van der Waals surface area contributed by atoms with Gasteiger partial charge >= 0.3 is 5.97 Å². The number of ether oxygens (including phenoxy) is 1. The summed E-state index contributed by atoms with van der Waals surface area (Å²) in [5, 5.41) is 8.96. The van der Waals surface area contributed by atoms with Gasteiger partial charge in [-0.25, -0.2) is 4.79 Å². The van der Waals surface area contributed by atoms with Crippen LogP contribution in [0.4, 0.5) is 0 Å². The number of pyridine rings is 1. The van der Waals surface area contributed by atoms with E-state index < -0.39 is 5.97 Å². The lowest BCUT2D eigenvalue weighted by atomic mass is 10.1. The lowest BCUT2D eigenvalue weighted by Crippen LogP contribution is -2.37. The molecule has 0 radical (unpaired) electrons. The zero-order valence-electron chi connectivity index (χ0n) is 14.7. The number of carbonyl (C=O) groups is 2. The Morgan fingerprint density at radius 1 is 1.23 bits per heavy atom. The average molecular weight is 354 g/mol. The summed E-state index contributed by atoms with van der Waals surface area (Å²) in [6, 6.07) is 10.4. The number of hydrogen-bond acceptors (Lipinski definition) is 4. The van der Waals surface area contributed by atoms with Crippen molar-refractivity contribution in [3.05, 3.63) is 53.7 Å². The van der Waals surface area contributed by atoms with Crippen LogP contribution in [-0.4, -0.2) is 53.2 Å². The van der Waals surface area contributed by atoms with Crippen LogP contribution >= 0.6 is 0 Å². The summed E-state index contributed by atoms with van der Waals surface area (Å²) in [4.78, 5) is 29.5. The number of nitrogens with zero attached hydrogens (tertiary/aromatic N) is 2. The highest BCUT2D eigenvalue weighted by molar-refractivity contribution is 5.95. The summed E-state index contributed by atoms with van der Waals surface area (Å²) >= 11 is 0. The maximum atomic E-state index is 12.7. The van der Waals surface area contributed by atoms with Crippen molar-refractivity contribution in [2.24, 2.45) is 0 Å². The molecule has 26 heavy (non-hydrogen) atoms.